The van der Waals surface area contributed by atoms with E-state index in [1.807, 2.05) is 0 Å². The van der Waals surface area contributed by atoms with E-state index in [4.69, 9.17) is 16.3 Å². The van der Waals surface area contributed by atoms with Crippen LogP contribution in [-0.2, 0) is 0 Å². The summed E-state index contributed by atoms with van der Waals surface area (Å²) in [5.74, 6) is 0.0904. The fraction of sp³-hybridized carbons (Fsp3) is 0.455. The van der Waals surface area contributed by atoms with Crippen LogP contribution in [0.2, 0.25) is 5.02 Å². The van der Waals surface area contributed by atoms with Crippen molar-refractivity contribution in [1.29, 1.82) is 0 Å². The number of aliphatic hydroxyl groups excluding tert-OH is 1. The maximum Gasteiger partial charge on any atom is 0.179 e. The molecule has 0 saturated carbocycles. The number of benzene rings is 1. The van der Waals surface area contributed by atoms with Crippen molar-refractivity contribution in [2.45, 2.75) is 13.0 Å². The van der Waals surface area contributed by atoms with Crippen LogP contribution < -0.4 is 10.1 Å². The fourth-order valence-corrected chi connectivity index (χ4v) is 2.00. The van der Waals surface area contributed by atoms with Crippen molar-refractivity contribution in [2.75, 3.05) is 20.7 Å². The summed E-state index contributed by atoms with van der Waals surface area (Å²) in [6.07, 6.45) is -0.795. The quantitative estimate of drug-likeness (QED) is 0.754. The molecular formula is C11H16ClNO3. The minimum absolute atomic E-state index is 0.102. The summed E-state index contributed by atoms with van der Waals surface area (Å²) in [5, 5.41) is 23.0. The number of hydrogen-bond acceptors (Lipinski definition) is 4. The molecule has 0 aliphatic carbocycles. The number of phenols is 1. The third-order valence-electron chi connectivity index (χ3n) is 2.39. The van der Waals surface area contributed by atoms with E-state index in [2.05, 4.69) is 5.32 Å². The van der Waals surface area contributed by atoms with E-state index in [-0.39, 0.29) is 11.5 Å². The topological polar surface area (TPSA) is 61.7 Å². The highest BCUT2D eigenvalue weighted by molar-refractivity contribution is 6.32. The summed E-state index contributed by atoms with van der Waals surface area (Å²) in [7, 11) is 3.15. The van der Waals surface area contributed by atoms with Crippen molar-refractivity contribution < 1.29 is 14.9 Å². The first-order valence-electron chi connectivity index (χ1n) is 4.91. The Kier molecular flexibility index (Phi) is 4.41. The Labute approximate surface area is 99.8 Å². The van der Waals surface area contributed by atoms with Gasteiger partial charge in [-0.1, -0.05) is 11.6 Å². The number of phenolic OH excluding ortho intramolecular Hbond substituents is 1. The monoisotopic (exact) mass is 245 g/mol. The molecule has 1 aromatic rings. The van der Waals surface area contributed by atoms with Crippen molar-refractivity contribution in [3.8, 4) is 11.5 Å². The molecule has 0 spiro atoms. The Hall–Kier alpha value is -0.970. The Balaban J connectivity index is 3.27. The third kappa shape index (κ3) is 2.40. The summed E-state index contributed by atoms with van der Waals surface area (Å²) < 4.78 is 4.99. The van der Waals surface area contributed by atoms with Crippen molar-refractivity contribution in [3.63, 3.8) is 0 Å². The number of aliphatic hydroxyl groups is 1. The molecule has 0 heterocycles. The average Bonchev–Trinajstić information content (AvgIpc) is 2.17. The number of aryl methyl sites for hydroxylation is 1. The molecule has 16 heavy (non-hydrogen) atoms. The van der Waals surface area contributed by atoms with E-state index in [0.717, 1.165) is 5.56 Å². The fourth-order valence-electron chi connectivity index (χ4n) is 1.67. The highest BCUT2D eigenvalue weighted by Gasteiger charge is 2.20. The second kappa shape index (κ2) is 5.39. The van der Waals surface area contributed by atoms with Gasteiger partial charge in [0.25, 0.3) is 0 Å². The number of methoxy groups -OCH3 is 1. The second-order valence-corrected chi connectivity index (χ2v) is 3.95. The number of likely N-dealkylation sites (N-methyl/N-ethyl adjacent to an activating group) is 1. The highest BCUT2D eigenvalue weighted by atomic mass is 35.5. The lowest BCUT2D eigenvalue weighted by Gasteiger charge is -2.18. The highest BCUT2D eigenvalue weighted by Crippen LogP contribution is 2.41. The number of nitrogens with one attached hydrogen (secondary N) is 1. The third-order valence-corrected chi connectivity index (χ3v) is 2.67. The van der Waals surface area contributed by atoms with Crippen molar-refractivity contribution in [2.24, 2.45) is 0 Å². The number of ether oxygens (including phenoxy) is 1. The number of halogens is 1. The maximum atomic E-state index is 9.95. The molecule has 0 aliphatic heterocycles. The van der Waals surface area contributed by atoms with Gasteiger partial charge in [0, 0.05) is 12.1 Å². The summed E-state index contributed by atoms with van der Waals surface area (Å²) in [6.45, 7) is 2.12. The SMILES string of the molecule is CNCC(O)c1c(C)cc(Cl)c(OC)c1O. The maximum absolute atomic E-state index is 9.95. The van der Waals surface area contributed by atoms with Crippen molar-refractivity contribution in [3.05, 3.63) is 22.2 Å². The first-order chi connectivity index (χ1) is 7.52. The molecule has 0 amide bonds. The summed E-state index contributed by atoms with van der Waals surface area (Å²) in [4.78, 5) is 0. The Morgan fingerprint density at radius 2 is 2.19 bits per heavy atom. The zero-order valence-corrected chi connectivity index (χ0v) is 10.3. The van der Waals surface area contributed by atoms with Gasteiger partial charge in [-0.3, -0.25) is 0 Å². The van der Waals surface area contributed by atoms with E-state index in [0.29, 0.717) is 17.1 Å². The van der Waals surface area contributed by atoms with E-state index in [1.165, 1.54) is 7.11 Å². The van der Waals surface area contributed by atoms with Crippen LogP contribution in [0.15, 0.2) is 6.07 Å². The van der Waals surface area contributed by atoms with Gasteiger partial charge < -0.3 is 20.3 Å². The lowest BCUT2D eigenvalue weighted by molar-refractivity contribution is 0.172. The van der Waals surface area contributed by atoms with Crippen LogP contribution in [0.25, 0.3) is 0 Å². The molecule has 1 rings (SSSR count). The van der Waals surface area contributed by atoms with Crippen LogP contribution in [0.3, 0.4) is 0 Å². The van der Waals surface area contributed by atoms with E-state index < -0.39 is 6.10 Å². The van der Waals surface area contributed by atoms with Gasteiger partial charge in [0.2, 0.25) is 0 Å². The largest absolute Gasteiger partial charge is 0.504 e. The molecule has 1 unspecified atom stereocenters. The molecule has 5 heteroatoms. The molecule has 0 fully saturated rings. The number of hydrogen-bond donors (Lipinski definition) is 3. The molecule has 0 radical (unpaired) electrons. The Morgan fingerprint density at radius 1 is 1.56 bits per heavy atom. The van der Waals surface area contributed by atoms with Crippen molar-refractivity contribution >= 4 is 11.6 Å². The second-order valence-electron chi connectivity index (χ2n) is 3.54. The number of rotatable bonds is 4. The average molecular weight is 246 g/mol. The molecule has 0 aliphatic rings. The standard InChI is InChI=1S/C11H16ClNO3/c1-6-4-7(12)11(16-3)10(15)9(6)8(14)5-13-2/h4,8,13-15H,5H2,1-3H3. The van der Waals surface area contributed by atoms with Crippen LogP contribution in [0.1, 0.15) is 17.2 Å². The van der Waals surface area contributed by atoms with E-state index in [1.54, 1.807) is 20.0 Å². The summed E-state index contributed by atoms with van der Waals surface area (Å²) in [5.41, 5.74) is 1.17. The first kappa shape index (κ1) is 13.1. The molecule has 1 aromatic carbocycles. The van der Waals surface area contributed by atoms with Gasteiger partial charge in [0.1, 0.15) is 0 Å². The Bertz CT molecular complexity index is 382. The zero-order chi connectivity index (χ0) is 12.3. The van der Waals surface area contributed by atoms with Gasteiger partial charge in [-0.2, -0.15) is 0 Å². The Morgan fingerprint density at radius 3 is 2.69 bits per heavy atom. The molecule has 0 bridgehead atoms. The predicted molar refractivity (Wildman–Crippen MR) is 63.3 cm³/mol. The summed E-state index contributed by atoms with van der Waals surface area (Å²) >= 11 is 5.91. The lowest BCUT2D eigenvalue weighted by Crippen LogP contribution is -2.17. The minimum atomic E-state index is -0.795. The van der Waals surface area contributed by atoms with Gasteiger partial charge >= 0.3 is 0 Å². The summed E-state index contributed by atoms with van der Waals surface area (Å²) in [6, 6.07) is 1.66. The van der Waals surface area contributed by atoms with Gasteiger partial charge in [-0.25, -0.2) is 0 Å². The number of aromatic hydroxyl groups is 1. The van der Waals surface area contributed by atoms with Crippen LogP contribution in [0, 0.1) is 6.92 Å². The van der Waals surface area contributed by atoms with Crippen molar-refractivity contribution in [1.82, 2.24) is 5.32 Å². The minimum Gasteiger partial charge on any atom is -0.504 e. The van der Waals surface area contributed by atoms with Gasteiger partial charge in [-0.15, -0.1) is 0 Å². The van der Waals surface area contributed by atoms with Gasteiger partial charge in [-0.05, 0) is 25.6 Å². The first-order valence-corrected chi connectivity index (χ1v) is 5.29. The molecule has 90 valence electrons. The molecule has 4 nitrogen and oxygen atoms in total. The van der Waals surface area contributed by atoms with E-state index >= 15 is 0 Å². The lowest BCUT2D eigenvalue weighted by atomic mass is 10.0. The van der Waals surface area contributed by atoms with Crippen LogP contribution in [-0.4, -0.2) is 30.9 Å². The molecule has 0 saturated heterocycles. The van der Waals surface area contributed by atoms with Crippen LogP contribution >= 0.6 is 11.6 Å². The molecule has 1 atom stereocenters. The predicted octanol–water partition coefficient (Wildman–Crippen LogP) is 1.62. The van der Waals surface area contributed by atoms with Gasteiger partial charge in [0.05, 0.1) is 18.2 Å². The zero-order valence-electron chi connectivity index (χ0n) is 9.54. The smallest absolute Gasteiger partial charge is 0.179 e. The molecule has 0 aromatic heterocycles. The van der Waals surface area contributed by atoms with Crippen LogP contribution in [0.4, 0.5) is 0 Å². The van der Waals surface area contributed by atoms with Crippen LogP contribution in [0.5, 0.6) is 11.5 Å². The molecule has 3 N–H and O–H groups in total. The molecular weight excluding hydrogens is 230 g/mol. The van der Waals surface area contributed by atoms with E-state index in [9.17, 15) is 10.2 Å². The normalized spacial score (nSPS) is 12.6. The van der Waals surface area contributed by atoms with Gasteiger partial charge in [0.15, 0.2) is 11.5 Å².